The van der Waals surface area contributed by atoms with Crippen LogP contribution in [0.3, 0.4) is 0 Å². The van der Waals surface area contributed by atoms with Gasteiger partial charge < -0.3 is 10.2 Å². The number of hydrazone groups is 1. The van der Waals surface area contributed by atoms with Crippen molar-refractivity contribution >= 4 is 55.8 Å². The normalized spacial score (nSPS) is 11.2. The molecule has 0 unspecified atom stereocenters. The van der Waals surface area contributed by atoms with E-state index in [-0.39, 0.29) is 11.7 Å². The third-order valence-corrected chi connectivity index (χ3v) is 4.42. The van der Waals surface area contributed by atoms with Crippen LogP contribution < -0.4 is 5.43 Å². The number of rotatable bonds is 6. The summed E-state index contributed by atoms with van der Waals surface area (Å²) in [5, 5.41) is 22.2. The number of carbonyl (C=O) groups is 2. The number of amides is 1. The maximum Gasteiger partial charge on any atom is 0.271 e. The Labute approximate surface area is 166 Å². The van der Waals surface area contributed by atoms with E-state index in [1.807, 2.05) is 0 Å². The van der Waals surface area contributed by atoms with Gasteiger partial charge in [-0.2, -0.15) is 5.10 Å². The topological polar surface area (TPSA) is 99.0 Å². The summed E-state index contributed by atoms with van der Waals surface area (Å²) in [5.74, 6) is -0.699. The first kappa shape index (κ1) is 20.0. The Morgan fingerprint density at radius 2 is 1.69 bits per heavy atom. The number of nitrogens with one attached hydrogen (secondary N) is 1. The van der Waals surface area contributed by atoms with Crippen molar-refractivity contribution in [1.29, 1.82) is 0 Å². The quantitative estimate of drug-likeness (QED) is 0.335. The Morgan fingerprint density at radius 1 is 1.08 bits per heavy atom. The largest absolute Gasteiger partial charge is 0.506 e. The molecule has 2 rings (SSSR count). The second-order valence-corrected chi connectivity index (χ2v) is 6.82. The maximum absolute atomic E-state index is 12.1. The number of aromatic hydroxyl groups is 1. The fraction of sp³-hybridized carbons (Fsp3) is 0.0556. The number of hydrogen-bond donors (Lipinski definition) is 3. The van der Waals surface area contributed by atoms with E-state index in [2.05, 4.69) is 42.4 Å². The van der Waals surface area contributed by atoms with Gasteiger partial charge in [0, 0.05) is 5.56 Å². The van der Waals surface area contributed by atoms with Gasteiger partial charge >= 0.3 is 0 Å². The van der Waals surface area contributed by atoms with Crippen LogP contribution in [-0.4, -0.2) is 34.7 Å². The molecule has 0 bridgehead atoms. The van der Waals surface area contributed by atoms with Crippen molar-refractivity contribution < 1.29 is 19.8 Å². The fourth-order valence-corrected chi connectivity index (χ4v) is 3.10. The van der Waals surface area contributed by atoms with Crippen molar-refractivity contribution in [3.8, 4) is 5.75 Å². The summed E-state index contributed by atoms with van der Waals surface area (Å²) in [5.41, 5.74) is 4.22. The standard InChI is InChI=1S/C18H14Br2N2O4/c19-15-7-12(8-16(20)17(15)25)9-21-22-18(26)13-4-1-11(2-5-13)3-6-14(24)10-23/h1-9,23,25H,10H2,(H,22,26)/b6-3+,21-9+. The molecule has 26 heavy (non-hydrogen) atoms. The molecule has 8 heteroatoms. The SMILES string of the molecule is O=C(/C=C/c1ccc(C(=O)N/N=C/c2cc(Br)c(O)c(Br)c2)cc1)CO. The van der Waals surface area contributed by atoms with E-state index in [0.29, 0.717) is 20.1 Å². The first-order valence-corrected chi connectivity index (χ1v) is 8.92. The number of carbonyl (C=O) groups excluding carboxylic acids is 2. The molecular formula is C18H14Br2N2O4. The summed E-state index contributed by atoms with van der Waals surface area (Å²) < 4.78 is 1.01. The van der Waals surface area contributed by atoms with Crippen LogP contribution in [-0.2, 0) is 4.79 Å². The number of aliphatic hydroxyl groups is 1. The molecule has 0 spiro atoms. The van der Waals surface area contributed by atoms with Crippen LogP contribution >= 0.6 is 31.9 Å². The Morgan fingerprint density at radius 3 is 2.27 bits per heavy atom. The second-order valence-electron chi connectivity index (χ2n) is 5.11. The minimum atomic E-state index is -0.539. The van der Waals surface area contributed by atoms with E-state index in [9.17, 15) is 14.7 Å². The molecule has 0 aliphatic carbocycles. The number of phenolic OH excluding ortho intramolecular Hbond substituents is 1. The third-order valence-electron chi connectivity index (χ3n) is 3.21. The zero-order chi connectivity index (χ0) is 19.1. The molecule has 0 radical (unpaired) electrons. The number of nitrogens with zero attached hydrogens (tertiary/aromatic N) is 1. The molecule has 0 fully saturated rings. The van der Waals surface area contributed by atoms with Crippen LogP contribution in [0.1, 0.15) is 21.5 Å². The highest BCUT2D eigenvalue weighted by Gasteiger charge is 2.06. The van der Waals surface area contributed by atoms with E-state index in [1.165, 1.54) is 12.3 Å². The van der Waals surface area contributed by atoms with Gasteiger partial charge in [-0.05, 0) is 73.3 Å². The summed E-state index contributed by atoms with van der Waals surface area (Å²) in [7, 11) is 0. The zero-order valence-corrected chi connectivity index (χ0v) is 16.5. The van der Waals surface area contributed by atoms with Crippen molar-refractivity contribution in [1.82, 2.24) is 5.43 Å². The van der Waals surface area contributed by atoms with E-state index in [0.717, 1.165) is 5.56 Å². The molecule has 6 nitrogen and oxygen atoms in total. The highest BCUT2D eigenvalue weighted by Crippen LogP contribution is 2.32. The molecule has 3 N–H and O–H groups in total. The monoisotopic (exact) mass is 480 g/mol. The molecule has 0 aromatic heterocycles. The molecule has 0 saturated heterocycles. The van der Waals surface area contributed by atoms with Gasteiger partial charge in [0.05, 0.1) is 15.2 Å². The number of phenols is 1. The highest BCUT2D eigenvalue weighted by atomic mass is 79.9. The molecule has 134 valence electrons. The summed E-state index contributed by atoms with van der Waals surface area (Å²) in [6.45, 7) is -0.539. The second kappa shape index (κ2) is 9.42. The number of benzene rings is 2. The molecule has 0 saturated carbocycles. The predicted molar refractivity (Wildman–Crippen MR) is 106 cm³/mol. The van der Waals surface area contributed by atoms with Crippen molar-refractivity contribution in [2.45, 2.75) is 0 Å². The molecule has 0 heterocycles. The first-order chi connectivity index (χ1) is 12.4. The summed E-state index contributed by atoms with van der Waals surface area (Å²) in [6.07, 6.45) is 4.27. The summed E-state index contributed by atoms with van der Waals surface area (Å²) in [6, 6.07) is 9.86. The third kappa shape index (κ3) is 5.62. The van der Waals surface area contributed by atoms with Crippen LogP contribution in [0.15, 0.2) is 56.5 Å². The van der Waals surface area contributed by atoms with Crippen molar-refractivity contribution in [2.24, 2.45) is 5.10 Å². The molecule has 0 aliphatic rings. The minimum absolute atomic E-state index is 0.0843. The average Bonchev–Trinajstić information content (AvgIpc) is 2.64. The van der Waals surface area contributed by atoms with Crippen molar-refractivity contribution in [3.63, 3.8) is 0 Å². The van der Waals surface area contributed by atoms with Gasteiger partial charge in [0.1, 0.15) is 12.4 Å². The van der Waals surface area contributed by atoms with Gasteiger partial charge in [0.15, 0.2) is 5.78 Å². The molecule has 2 aromatic carbocycles. The van der Waals surface area contributed by atoms with Crippen LogP contribution in [0.4, 0.5) is 0 Å². The smallest absolute Gasteiger partial charge is 0.271 e. The van der Waals surface area contributed by atoms with Crippen molar-refractivity contribution in [2.75, 3.05) is 6.61 Å². The van der Waals surface area contributed by atoms with Gasteiger partial charge in [-0.25, -0.2) is 5.43 Å². The molecular weight excluding hydrogens is 468 g/mol. The lowest BCUT2D eigenvalue weighted by Gasteiger charge is -2.03. The van der Waals surface area contributed by atoms with E-state index >= 15 is 0 Å². The van der Waals surface area contributed by atoms with Gasteiger partial charge in [-0.3, -0.25) is 9.59 Å². The number of halogens is 2. The van der Waals surface area contributed by atoms with E-state index in [4.69, 9.17) is 5.11 Å². The van der Waals surface area contributed by atoms with E-state index < -0.39 is 12.4 Å². The molecule has 0 aliphatic heterocycles. The van der Waals surface area contributed by atoms with Crippen LogP contribution in [0.2, 0.25) is 0 Å². The lowest BCUT2D eigenvalue weighted by molar-refractivity contribution is -0.117. The van der Waals surface area contributed by atoms with Crippen LogP contribution in [0.25, 0.3) is 6.08 Å². The van der Waals surface area contributed by atoms with Gasteiger partial charge in [0.2, 0.25) is 0 Å². The number of hydrogen-bond acceptors (Lipinski definition) is 5. The van der Waals surface area contributed by atoms with Gasteiger partial charge in [0.25, 0.3) is 5.91 Å². The fourth-order valence-electron chi connectivity index (χ4n) is 1.88. The van der Waals surface area contributed by atoms with Crippen LogP contribution in [0, 0.1) is 0 Å². The van der Waals surface area contributed by atoms with Gasteiger partial charge in [-0.1, -0.05) is 18.2 Å². The minimum Gasteiger partial charge on any atom is -0.506 e. The van der Waals surface area contributed by atoms with Crippen LogP contribution in [0.5, 0.6) is 5.75 Å². The number of aliphatic hydroxyl groups excluding tert-OH is 1. The molecule has 0 atom stereocenters. The number of ketones is 1. The summed E-state index contributed by atoms with van der Waals surface area (Å²) in [4.78, 5) is 23.1. The van der Waals surface area contributed by atoms with E-state index in [1.54, 1.807) is 42.5 Å². The summed E-state index contributed by atoms with van der Waals surface area (Å²) >= 11 is 6.44. The van der Waals surface area contributed by atoms with Crippen molar-refractivity contribution in [3.05, 3.63) is 68.1 Å². The highest BCUT2D eigenvalue weighted by molar-refractivity contribution is 9.11. The van der Waals surface area contributed by atoms with Gasteiger partial charge in [-0.15, -0.1) is 0 Å². The average molecular weight is 482 g/mol. The Kier molecular flexibility index (Phi) is 7.26. The zero-order valence-electron chi connectivity index (χ0n) is 13.3. The lowest BCUT2D eigenvalue weighted by atomic mass is 10.1. The predicted octanol–water partition coefficient (Wildman–Crippen LogP) is 3.26. The Balaban J connectivity index is 1.99. The molecule has 1 amide bonds. The maximum atomic E-state index is 12.1. The molecule has 2 aromatic rings. The Hall–Kier alpha value is -2.29. The lowest BCUT2D eigenvalue weighted by Crippen LogP contribution is -2.17. The first-order valence-electron chi connectivity index (χ1n) is 7.34. The Bertz CT molecular complexity index is 854.